The van der Waals surface area contributed by atoms with Gasteiger partial charge < -0.3 is 5.32 Å². The Morgan fingerprint density at radius 2 is 1.74 bits per heavy atom. The molecule has 3 aromatic rings. The minimum atomic E-state index is 0.345. The van der Waals surface area contributed by atoms with Gasteiger partial charge in [0.1, 0.15) is 0 Å². The van der Waals surface area contributed by atoms with Gasteiger partial charge in [0.15, 0.2) is 0 Å². The molecule has 2 nitrogen and oxygen atoms in total. The van der Waals surface area contributed by atoms with Gasteiger partial charge in [0.05, 0.1) is 9.83 Å². The summed E-state index contributed by atoms with van der Waals surface area (Å²) in [4.78, 5) is 4.01. The van der Waals surface area contributed by atoms with E-state index in [1.165, 1.54) is 25.0 Å². The molecule has 23 heavy (non-hydrogen) atoms. The maximum absolute atomic E-state index is 3.62. The van der Waals surface area contributed by atoms with Gasteiger partial charge in [-0.3, -0.25) is 4.90 Å². The van der Waals surface area contributed by atoms with Crippen molar-refractivity contribution in [3.05, 3.63) is 68.8 Å². The zero-order valence-corrected chi connectivity index (χ0v) is 15.2. The van der Waals surface area contributed by atoms with Crippen molar-refractivity contribution in [3.8, 4) is 0 Å². The monoisotopic (exact) mass is 386 g/mol. The van der Waals surface area contributed by atoms with Crippen LogP contribution in [0.25, 0.3) is 10.8 Å². The highest BCUT2D eigenvalue weighted by Gasteiger charge is 2.25. The summed E-state index contributed by atoms with van der Waals surface area (Å²) >= 11 is 5.47. The van der Waals surface area contributed by atoms with E-state index in [1.807, 2.05) is 11.3 Å². The Kier molecular flexibility index (Phi) is 4.49. The molecule has 0 aliphatic carbocycles. The Bertz CT molecular complexity index is 808. The molecule has 0 spiro atoms. The highest BCUT2D eigenvalue weighted by Crippen LogP contribution is 2.36. The first kappa shape index (κ1) is 15.3. The van der Waals surface area contributed by atoms with Crippen LogP contribution in [0.4, 0.5) is 0 Å². The van der Waals surface area contributed by atoms with Crippen LogP contribution in [-0.4, -0.2) is 31.1 Å². The van der Waals surface area contributed by atoms with Crippen LogP contribution >= 0.6 is 27.3 Å². The molecule has 1 N–H and O–H groups in total. The number of nitrogens with zero attached hydrogens (tertiary/aromatic N) is 1. The molecule has 118 valence electrons. The molecule has 0 saturated carbocycles. The summed E-state index contributed by atoms with van der Waals surface area (Å²) in [6.45, 7) is 4.31. The van der Waals surface area contributed by atoms with Crippen molar-refractivity contribution in [1.29, 1.82) is 0 Å². The Morgan fingerprint density at radius 3 is 2.48 bits per heavy atom. The van der Waals surface area contributed by atoms with Crippen LogP contribution in [0.2, 0.25) is 0 Å². The maximum Gasteiger partial charge on any atom is 0.0702 e. The Hall–Kier alpha value is -1.20. The zero-order chi connectivity index (χ0) is 15.6. The van der Waals surface area contributed by atoms with Crippen molar-refractivity contribution in [2.45, 2.75) is 6.04 Å². The number of fused-ring (bicyclic) bond motifs is 1. The van der Waals surface area contributed by atoms with E-state index in [0.717, 1.165) is 26.2 Å². The molecule has 1 fully saturated rings. The van der Waals surface area contributed by atoms with Crippen LogP contribution in [0.5, 0.6) is 0 Å². The Morgan fingerprint density at radius 1 is 0.957 bits per heavy atom. The van der Waals surface area contributed by atoms with Gasteiger partial charge in [-0.1, -0.05) is 36.4 Å². The third kappa shape index (κ3) is 3.22. The van der Waals surface area contributed by atoms with Gasteiger partial charge in [-0.05, 0) is 50.5 Å². The predicted molar refractivity (Wildman–Crippen MR) is 102 cm³/mol. The van der Waals surface area contributed by atoms with Crippen molar-refractivity contribution < 1.29 is 0 Å². The summed E-state index contributed by atoms with van der Waals surface area (Å²) in [6.07, 6.45) is 0. The normalized spacial score (nSPS) is 17.4. The van der Waals surface area contributed by atoms with Crippen LogP contribution in [-0.2, 0) is 0 Å². The van der Waals surface area contributed by atoms with Crippen LogP contribution < -0.4 is 5.32 Å². The lowest BCUT2D eigenvalue weighted by atomic mass is 9.99. The van der Waals surface area contributed by atoms with Crippen LogP contribution in [0.15, 0.2) is 58.4 Å². The van der Waals surface area contributed by atoms with E-state index >= 15 is 0 Å². The molecule has 4 rings (SSSR count). The first-order valence-corrected chi connectivity index (χ1v) is 9.61. The van der Waals surface area contributed by atoms with Crippen molar-refractivity contribution in [2.24, 2.45) is 0 Å². The van der Waals surface area contributed by atoms with Gasteiger partial charge >= 0.3 is 0 Å². The Balaban J connectivity index is 1.78. The fourth-order valence-electron chi connectivity index (χ4n) is 3.35. The number of hydrogen-bond donors (Lipinski definition) is 1. The maximum atomic E-state index is 3.62. The quantitative estimate of drug-likeness (QED) is 0.703. The van der Waals surface area contributed by atoms with Crippen molar-refractivity contribution in [1.82, 2.24) is 10.2 Å². The smallest absolute Gasteiger partial charge is 0.0702 e. The van der Waals surface area contributed by atoms with Crippen molar-refractivity contribution >= 4 is 38.0 Å². The van der Waals surface area contributed by atoms with Crippen molar-refractivity contribution in [2.75, 3.05) is 26.2 Å². The second kappa shape index (κ2) is 6.73. The number of thiophene rings is 1. The summed E-state index contributed by atoms with van der Waals surface area (Å²) in [6, 6.07) is 20.3. The van der Waals surface area contributed by atoms with Crippen LogP contribution in [0.3, 0.4) is 0 Å². The molecular formula is C19H19BrN2S. The minimum Gasteiger partial charge on any atom is -0.314 e. The minimum absolute atomic E-state index is 0.345. The summed E-state index contributed by atoms with van der Waals surface area (Å²) in [5.74, 6) is 0. The summed E-state index contributed by atoms with van der Waals surface area (Å²) < 4.78 is 1.20. The third-order valence-electron chi connectivity index (χ3n) is 4.47. The first-order chi connectivity index (χ1) is 11.3. The number of rotatable bonds is 3. The molecular weight excluding hydrogens is 368 g/mol. The van der Waals surface area contributed by atoms with E-state index < -0.39 is 0 Å². The summed E-state index contributed by atoms with van der Waals surface area (Å²) in [5.41, 5.74) is 1.39. The van der Waals surface area contributed by atoms with E-state index in [0.29, 0.717) is 6.04 Å². The van der Waals surface area contributed by atoms with Gasteiger partial charge in [0.2, 0.25) is 0 Å². The van der Waals surface area contributed by atoms with E-state index in [-0.39, 0.29) is 0 Å². The molecule has 1 aliphatic rings. The standard InChI is InChI=1S/C19H19BrN2S/c20-18-8-7-17(23-18)19(22-11-9-21-10-12-22)16-6-5-14-3-1-2-4-15(14)13-16/h1-8,13,19,21H,9-12H2. The second-order valence-corrected chi connectivity index (χ2v) is 8.43. The lowest BCUT2D eigenvalue weighted by Crippen LogP contribution is -2.45. The van der Waals surface area contributed by atoms with E-state index in [9.17, 15) is 0 Å². The SMILES string of the molecule is Brc1ccc(C(c2ccc3ccccc3c2)N2CCNCC2)s1. The number of benzene rings is 2. The van der Waals surface area contributed by atoms with Gasteiger partial charge in [-0.2, -0.15) is 0 Å². The average Bonchev–Trinajstić information content (AvgIpc) is 3.02. The zero-order valence-electron chi connectivity index (χ0n) is 12.8. The molecule has 0 radical (unpaired) electrons. The molecule has 1 saturated heterocycles. The van der Waals surface area contributed by atoms with E-state index in [2.05, 4.69) is 80.7 Å². The fourth-order valence-corrected chi connectivity index (χ4v) is 4.94. The molecule has 1 unspecified atom stereocenters. The molecule has 2 aromatic carbocycles. The van der Waals surface area contributed by atoms with Gasteiger partial charge in [0.25, 0.3) is 0 Å². The lowest BCUT2D eigenvalue weighted by molar-refractivity contribution is 0.201. The highest BCUT2D eigenvalue weighted by molar-refractivity contribution is 9.11. The van der Waals surface area contributed by atoms with E-state index in [1.54, 1.807) is 0 Å². The second-order valence-electron chi connectivity index (χ2n) is 5.94. The molecule has 2 heterocycles. The number of halogens is 1. The number of piperazine rings is 1. The van der Waals surface area contributed by atoms with Gasteiger partial charge in [-0.25, -0.2) is 0 Å². The average molecular weight is 387 g/mol. The number of nitrogens with one attached hydrogen (secondary N) is 1. The largest absolute Gasteiger partial charge is 0.314 e. The molecule has 1 aliphatic heterocycles. The fraction of sp³-hybridized carbons (Fsp3) is 0.263. The van der Waals surface area contributed by atoms with Crippen LogP contribution in [0, 0.1) is 0 Å². The molecule has 1 aromatic heterocycles. The topological polar surface area (TPSA) is 15.3 Å². The van der Waals surface area contributed by atoms with E-state index in [4.69, 9.17) is 0 Å². The predicted octanol–water partition coefficient (Wildman–Crippen LogP) is 4.66. The number of hydrogen-bond acceptors (Lipinski definition) is 3. The highest BCUT2D eigenvalue weighted by atomic mass is 79.9. The van der Waals surface area contributed by atoms with Crippen molar-refractivity contribution in [3.63, 3.8) is 0 Å². The van der Waals surface area contributed by atoms with Gasteiger partial charge in [-0.15, -0.1) is 11.3 Å². The molecule has 1 atom stereocenters. The molecule has 0 amide bonds. The lowest BCUT2D eigenvalue weighted by Gasteiger charge is -2.35. The van der Waals surface area contributed by atoms with Gasteiger partial charge in [0, 0.05) is 31.1 Å². The first-order valence-electron chi connectivity index (χ1n) is 8.00. The Labute approximate surface area is 149 Å². The van der Waals surface area contributed by atoms with Crippen LogP contribution in [0.1, 0.15) is 16.5 Å². The summed E-state index contributed by atoms with van der Waals surface area (Å²) in [7, 11) is 0. The summed E-state index contributed by atoms with van der Waals surface area (Å²) in [5, 5.41) is 6.09. The third-order valence-corrected chi connectivity index (χ3v) is 6.15. The molecule has 0 bridgehead atoms. The molecule has 4 heteroatoms.